The third-order valence-electron chi connectivity index (χ3n) is 5.63. The molecule has 0 heterocycles. The Morgan fingerprint density at radius 3 is 2.00 bits per heavy atom. The lowest BCUT2D eigenvalue weighted by Gasteiger charge is -2.14. The van der Waals surface area contributed by atoms with E-state index in [9.17, 15) is 14.4 Å². The molecule has 0 bridgehead atoms. The lowest BCUT2D eigenvalue weighted by atomic mass is 9.99. The summed E-state index contributed by atoms with van der Waals surface area (Å²) < 4.78 is 0. The highest BCUT2D eigenvalue weighted by Gasteiger charge is 2.18. The normalized spacial score (nSPS) is 10.5. The van der Waals surface area contributed by atoms with Crippen LogP contribution in [0.25, 0.3) is 0 Å². The minimum atomic E-state index is -0.415. The number of benzene rings is 4. The Morgan fingerprint density at radius 1 is 0.629 bits per heavy atom. The highest BCUT2D eigenvalue weighted by atomic mass is 16.2. The first-order chi connectivity index (χ1) is 16.9. The van der Waals surface area contributed by atoms with Crippen LogP contribution in [0.4, 0.5) is 11.4 Å². The summed E-state index contributed by atoms with van der Waals surface area (Å²) in [5, 5.41) is 5.71. The van der Waals surface area contributed by atoms with E-state index in [1.807, 2.05) is 50.2 Å². The number of amides is 2. The van der Waals surface area contributed by atoms with Crippen LogP contribution in [0, 0.1) is 13.8 Å². The van der Waals surface area contributed by atoms with Crippen LogP contribution in [0.1, 0.15) is 43.0 Å². The molecule has 5 nitrogen and oxygen atoms in total. The second-order valence-electron chi connectivity index (χ2n) is 8.45. The van der Waals surface area contributed by atoms with Crippen molar-refractivity contribution in [1.82, 2.24) is 0 Å². The van der Waals surface area contributed by atoms with Crippen molar-refractivity contribution in [3.8, 4) is 0 Å². The van der Waals surface area contributed by atoms with Crippen LogP contribution in [0.15, 0.2) is 97.1 Å². The van der Waals surface area contributed by atoms with E-state index in [2.05, 4.69) is 10.6 Å². The van der Waals surface area contributed by atoms with Gasteiger partial charge in [-0.3, -0.25) is 14.4 Å². The SMILES string of the molecule is Cc1ccc(CC(=O)Nc2ccccc2C(=O)Nc2ccc(C)cc2C(=O)c2ccccc2)cc1. The van der Waals surface area contributed by atoms with Crippen LogP contribution in [0.2, 0.25) is 0 Å². The molecular formula is C30H26N2O3. The Morgan fingerprint density at radius 2 is 1.26 bits per heavy atom. The van der Waals surface area contributed by atoms with Gasteiger partial charge < -0.3 is 10.6 Å². The molecule has 0 aliphatic rings. The lowest BCUT2D eigenvalue weighted by molar-refractivity contribution is -0.115. The lowest BCUT2D eigenvalue weighted by Crippen LogP contribution is -2.20. The third kappa shape index (κ3) is 5.89. The largest absolute Gasteiger partial charge is 0.325 e. The summed E-state index contributed by atoms with van der Waals surface area (Å²) in [7, 11) is 0. The molecule has 5 heteroatoms. The standard InChI is InChI=1S/C30H26N2O3/c1-20-12-15-22(16-13-20)19-28(33)31-26-11-7-6-10-24(26)30(35)32-27-17-14-21(2)18-25(27)29(34)23-8-4-3-5-9-23/h3-18H,19H2,1-2H3,(H,31,33)(H,32,35). The molecule has 0 aliphatic heterocycles. The molecule has 0 saturated carbocycles. The van der Waals surface area contributed by atoms with E-state index in [0.29, 0.717) is 28.1 Å². The maximum atomic E-state index is 13.2. The second kappa shape index (κ2) is 10.6. The average molecular weight is 463 g/mol. The first kappa shape index (κ1) is 23.6. The van der Waals surface area contributed by atoms with Gasteiger partial charge in [0.25, 0.3) is 5.91 Å². The highest BCUT2D eigenvalue weighted by molar-refractivity contribution is 6.16. The van der Waals surface area contributed by atoms with Gasteiger partial charge in [0, 0.05) is 11.1 Å². The van der Waals surface area contributed by atoms with Crippen molar-refractivity contribution < 1.29 is 14.4 Å². The van der Waals surface area contributed by atoms with Crippen molar-refractivity contribution in [3.63, 3.8) is 0 Å². The molecule has 2 amide bonds. The molecule has 0 saturated heterocycles. The quantitative estimate of drug-likeness (QED) is 0.332. The molecular weight excluding hydrogens is 436 g/mol. The fourth-order valence-electron chi connectivity index (χ4n) is 3.77. The van der Waals surface area contributed by atoms with E-state index in [-0.39, 0.29) is 18.1 Å². The van der Waals surface area contributed by atoms with E-state index in [1.54, 1.807) is 60.7 Å². The summed E-state index contributed by atoms with van der Waals surface area (Å²) >= 11 is 0. The van der Waals surface area contributed by atoms with Gasteiger partial charge >= 0.3 is 0 Å². The monoisotopic (exact) mass is 462 g/mol. The number of para-hydroxylation sites is 1. The number of nitrogens with one attached hydrogen (secondary N) is 2. The number of rotatable bonds is 7. The molecule has 0 aromatic heterocycles. The highest BCUT2D eigenvalue weighted by Crippen LogP contribution is 2.24. The first-order valence-corrected chi connectivity index (χ1v) is 11.4. The van der Waals surface area contributed by atoms with Crippen LogP contribution in [-0.4, -0.2) is 17.6 Å². The van der Waals surface area contributed by atoms with Gasteiger partial charge in [0.1, 0.15) is 0 Å². The van der Waals surface area contributed by atoms with Gasteiger partial charge in [0.15, 0.2) is 5.78 Å². The maximum Gasteiger partial charge on any atom is 0.257 e. The summed E-state index contributed by atoms with van der Waals surface area (Å²) in [4.78, 5) is 39.0. The van der Waals surface area contributed by atoms with E-state index in [4.69, 9.17) is 0 Å². The molecule has 174 valence electrons. The molecule has 0 atom stereocenters. The van der Waals surface area contributed by atoms with E-state index in [0.717, 1.165) is 16.7 Å². The minimum Gasteiger partial charge on any atom is -0.325 e. The number of hydrogen-bond acceptors (Lipinski definition) is 3. The van der Waals surface area contributed by atoms with Crippen LogP contribution in [-0.2, 0) is 11.2 Å². The molecule has 4 rings (SSSR count). The minimum absolute atomic E-state index is 0.177. The summed E-state index contributed by atoms with van der Waals surface area (Å²) in [6, 6.07) is 28.8. The number of carbonyl (C=O) groups excluding carboxylic acids is 3. The van der Waals surface area contributed by atoms with Crippen molar-refractivity contribution in [2.45, 2.75) is 20.3 Å². The molecule has 35 heavy (non-hydrogen) atoms. The van der Waals surface area contributed by atoms with Crippen molar-refractivity contribution >= 4 is 29.0 Å². The summed E-state index contributed by atoms with van der Waals surface area (Å²) in [5.41, 5.74) is 4.99. The van der Waals surface area contributed by atoms with Gasteiger partial charge in [-0.25, -0.2) is 0 Å². The molecule has 0 spiro atoms. The molecule has 2 N–H and O–H groups in total. The zero-order valence-electron chi connectivity index (χ0n) is 19.7. The van der Waals surface area contributed by atoms with Gasteiger partial charge in [0.05, 0.1) is 23.4 Å². The molecule has 4 aromatic carbocycles. The maximum absolute atomic E-state index is 13.2. The molecule has 0 unspecified atom stereocenters. The second-order valence-corrected chi connectivity index (χ2v) is 8.45. The first-order valence-electron chi connectivity index (χ1n) is 11.4. The Labute approximate surface area is 204 Å². The van der Waals surface area contributed by atoms with Crippen molar-refractivity contribution in [2.75, 3.05) is 10.6 Å². The van der Waals surface area contributed by atoms with Crippen molar-refractivity contribution in [2.24, 2.45) is 0 Å². The summed E-state index contributed by atoms with van der Waals surface area (Å²) in [6.45, 7) is 3.89. The van der Waals surface area contributed by atoms with E-state index >= 15 is 0 Å². The Balaban J connectivity index is 1.55. The molecule has 0 aliphatic carbocycles. The number of hydrogen-bond donors (Lipinski definition) is 2. The number of aryl methyl sites for hydroxylation is 2. The van der Waals surface area contributed by atoms with Crippen molar-refractivity contribution in [3.05, 3.63) is 130 Å². The number of anilines is 2. The van der Waals surface area contributed by atoms with Crippen LogP contribution in [0.5, 0.6) is 0 Å². The predicted molar refractivity (Wildman–Crippen MR) is 139 cm³/mol. The van der Waals surface area contributed by atoms with Crippen molar-refractivity contribution in [1.29, 1.82) is 0 Å². The molecule has 0 fully saturated rings. The average Bonchev–Trinajstić information content (AvgIpc) is 2.87. The molecule has 0 radical (unpaired) electrons. The fraction of sp³-hybridized carbons (Fsp3) is 0.100. The van der Waals surface area contributed by atoms with Gasteiger partial charge in [-0.1, -0.05) is 83.9 Å². The number of carbonyl (C=O) groups is 3. The van der Waals surface area contributed by atoms with Gasteiger partial charge in [-0.2, -0.15) is 0 Å². The zero-order valence-corrected chi connectivity index (χ0v) is 19.7. The van der Waals surface area contributed by atoms with Crippen LogP contribution < -0.4 is 10.6 Å². The fourth-order valence-corrected chi connectivity index (χ4v) is 3.77. The Bertz CT molecular complexity index is 1380. The van der Waals surface area contributed by atoms with Gasteiger partial charge in [0.2, 0.25) is 5.91 Å². The Hall–Kier alpha value is -4.51. The van der Waals surface area contributed by atoms with Crippen LogP contribution in [0.3, 0.4) is 0 Å². The topological polar surface area (TPSA) is 75.3 Å². The van der Waals surface area contributed by atoms with Crippen LogP contribution >= 0.6 is 0 Å². The number of ketones is 1. The van der Waals surface area contributed by atoms with Gasteiger partial charge in [-0.15, -0.1) is 0 Å². The van der Waals surface area contributed by atoms with E-state index in [1.165, 1.54) is 0 Å². The summed E-state index contributed by atoms with van der Waals surface area (Å²) in [6.07, 6.45) is 0.198. The summed E-state index contributed by atoms with van der Waals surface area (Å²) in [5.74, 6) is -0.809. The third-order valence-corrected chi connectivity index (χ3v) is 5.63. The predicted octanol–water partition coefficient (Wildman–Crippen LogP) is 5.97. The Kier molecular flexibility index (Phi) is 7.17. The zero-order chi connectivity index (χ0) is 24.8. The molecule has 4 aromatic rings. The van der Waals surface area contributed by atoms with Gasteiger partial charge in [-0.05, 0) is 43.7 Å². The smallest absolute Gasteiger partial charge is 0.257 e. The van der Waals surface area contributed by atoms with E-state index < -0.39 is 5.91 Å².